The number of aryl methyl sites for hydroxylation is 2. The van der Waals surface area contributed by atoms with Gasteiger partial charge in [0, 0.05) is 23.5 Å². The average molecular weight is 553 g/mol. The van der Waals surface area contributed by atoms with Gasteiger partial charge in [0.05, 0.1) is 30.2 Å². The van der Waals surface area contributed by atoms with Gasteiger partial charge in [-0.2, -0.15) is 13.2 Å². The van der Waals surface area contributed by atoms with E-state index in [9.17, 15) is 18.0 Å². The SMILES string of the molecule is COc1c(CCCCN(C)C)cc(C(F)(F)F)cc1NC(=O)c1ccc(C)c(-n2cc(-c3cccnc3)nn2)c1. The van der Waals surface area contributed by atoms with Gasteiger partial charge < -0.3 is 15.0 Å². The number of rotatable bonds is 10. The minimum Gasteiger partial charge on any atom is -0.494 e. The predicted octanol–water partition coefficient (Wildman–Crippen LogP) is 5.80. The van der Waals surface area contributed by atoms with Gasteiger partial charge in [-0.3, -0.25) is 9.78 Å². The highest BCUT2D eigenvalue weighted by Gasteiger charge is 2.33. The van der Waals surface area contributed by atoms with Crippen molar-refractivity contribution in [3.8, 4) is 22.7 Å². The molecule has 8 nitrogen and oxygen atoms in total. The maximum absolute atomic E-state index is 13.8. The number of carbonyl (C=O) groups excluding carboxylic acids is 1. The number of alkyl halides is 3. The molecule has 0 saturated heterocycles. The molecular weight excluding hydrogens is 521 g/mol. The molecular formula is C29H31F3N6O2. The van der Waals surface area contributed by atoms with E-state index in [1.165, 1.54) is 7.11 Å². The molecule has 40 heavy (non-hydrogen) atoms. The van der Waals surface area contributed by atoms with E-state index in [-0.39, 0.29) is 17.0 Å². The van der Waals surface area contributed by atoms with Gasteiger partial charge >= 0.3 is 6.18 Å². The molecule has 0 fully saturated rings. The first-order chi connectivity index (χ1) is 19.1. The van der Waals surface area contributed by atoms with Crippen LogP contribution in [-0.4, -0.2) is 58.5 Å². The lowest BCUT2D eigenvalue weighted by atomic mass is 10.0. The molecule has 0 unspecified atom stereocenters. The van der Waals surface area contributed by atoms with Gasteiger partial charge in [0.25, 0.3) is 5.91 Å². The van der Waals surface area contributed by atoms with Crippen LogP contribution in [-0.2, 0) is 12.6 Å². The molecule has 0 saturated carbocycles. The van der Waals surface area contributed by atoms with E-state index in [0.717, 1.165) is 36.2 Å². The summed E-state index contributed by atoms with van der Waals surface area (Å²) < 4.78 is 48.3. The number of methoxy groups -OCH3 is 1. The molecule has 0 radical (unpaired) electrons. The highest BCUT2D eigenvalue weighted by Crippen LogP contribution is 2.39. The number of pyridine rings is 1. The summed E-state index contributed by atoms with van der Waals surface area (Å²) in [5, 5.41) is 11.0. The summed E-state index contributed by atoms with van der Waals surface area (Å²) in [6, 6.07) is 10.6. The Balaban J connectivity index is 1.62. The standard InChI is InChI=1S/C29H31F3N6O2/c1-19-10-11-21(15-26(19)38-18-25(35-36-38)22-9-7-12-33-17-22)28(39)34-24-16-23(29(30,31)32)14-20(27(24)40-4)8-5-6-13-37(2)3/h7,9-12,14-18H,5-6,8,13H2,1-4H3,(H,34,39). The monoisotopic (exact) mass is 552 g/mol. The van der Waals surface area contributed by atoms with E-state index in [1.54, 1.807) is 47.5 Å². The Morgan fingerprint density at radius 1 is 1.12 bits per heavy atom. The van der Waals surface area contributed by atoms with Crippen LogP contribution in [0.2, 0.25) is 0 Å². The average Bonchev–Trinajstić information content (AvgIpc) is 3.41. The molecule has 0 aliphatic carbocycles. The van der Waals surface area contributed by atoms with Gasteiger partial charge in [0.2, 0.25) is 0 Å². The number of nitrogens with zero attached hydrogens (tertiary/aromatic N) is 5. The van der Waals surface area contributed by atoms with E-state index in [1.807, 2.05) is 32.0 Å². The number of benzene rings is 2. The minimum absolute atomic E-state index is 0.0355. The number of halogens is 3. The molecule has 1 amide bonds. The summed E-state index contributed by atoms with van der Waals surface area (Å²) >= 11 is 0. The third kappa shape index (κ3) is 6.84. The van der Waals surface area contributed by atoms with Crippen molar-refractivity contribution in [1.82, 2.24) is 24.9 Å². The zero-order chi connectivity index (χ0) is 28.9. The third-order valence-electron chi connectivity index (χ3n) is 6.42. The van der Waals surface area contributed by atoms with E-state index in [0.29, 0.717) is 29.8 Å². The van der Waals surface area contributed by atoms with Crippen LogP contribution in [0.15, 0.2) is 61.1 Å². The number of amides is 1. The van der Waals surface area contributed by atoms with Crippen LogP contribution in [0.3, 0.4) is 0 Å². The van der Waals surface area contributed by atoms with Gasteiger partial charge in [0.15, 0.2) is 0 Å². The highest BCUT2D eigenvalue weighted by molar-refractivity contribution is 6.05. The Kier molecular flexibility index (Phi) is 8.83. The Hall–Kier alpha value is -4.25. The number of anilines is 1. The van der Waals surface area contributed by atoms with Crippen molar-refractivity contribution in [2.24, 2.45) is 0 Å². The fraction of sp³-hybridized carbons (Fsp3) is 0.310. The van der Waals surface area contributed by atoms with Crippen molar-refractivity contribution in [2.75, 3.05) is 33.1 Å². The number of unbranched alkanes of at least 4 members (excludes halogenated alkanes) is 1. The predicted molar refractivity (Wildman–Crippen MR) is 147 cm³/mol. The van der Waals surface area contributed by atoms with Crippen LogP contribution in [0, 0.1) is 6.92 Å². The molecule has 4 aromatic rings. The lowest BCUT2D eigenvalue weighted by molar-refractivity contribution is -0.137. The van der Waals surface area contributed by atoms with Crippen molar-refractivity contribution in [3.63, 3.8) is 0 Å². The van der Waals surface area contributed by atoms with Gasteiger partial charge in [-0.1, -0.05) is 11.3 Å². The largest absolute Gasteiger partial charge is 0.494 e. The molecule has 0 atom stereocenters. The Labute approximate surface area is 230 Å². The second kappa shape index (κ2) is 12.3. The number of hydrogen-bond donors (Lipinski definition) is 1. The zero-order valence-corrected chi connectivity index (χ0v) is 22.8. The quantitative estimate of drug-likeness (QED) is 0.250. The molecule has 2 heterocycles. The summed E-state index contributed by atoms with van der Waals surface area (Å²) in [6.45, 7) is 2.68. The van der Waals surface area contributed by atoms with Crippen LogP contribution in [0.1, 0.15) is 39.9 Å². The summed E-state index contributed by atoms with van der Waals surface area (Å²) in [6.07, 6.45) is 2.33. The fourth-order valence-electron chi connectivity index (χ4n) is 4.34. The number of hydrogen-bond acceptors (Lipinski definition) is 6. The highest BCUT2D eigenvalue weighted by atomic mass is 19.4. The summed E-state index contributed by atoms with van der Waals surface area (Å²) in [7, 11) is 5.27. The second-order valence-electron chi connectivity index (χ2n) is 9.72. The van der Waals surface area contributed by atoms with Crippen molar-refractivity contribution < 1.29 is 22.7 Å². The van der Waals surface area contributed by atoms with Crippen LogP contribution in [0.25, 0.3) is 16.9 Å². The maximum Gasteiger partial charge on any atom is 0.416 e. The van der Waals surface area contributed by atoms with E-state index in [2.05, 4.69) is 20.6 Å². The lowest BCUT2D eigenvalue weighted by Crippen LogP contribution is -2.16. The van der Waals surface area contributed by atoms with Gasteiger partial charge in [-0.25, -0.2) is 4.68 Å². The first-order valence-electron chi connectivity index (χ1n) is 12.7. The van der Waals surface area contributed by atoms with E-state index in [4.69, 9.17) is 4.74 Å². The van der Waals surface area contributed by atoms with Crippen LogP contribution in [0.4, 0.5) is 18.9 Å². The van der Waals surface area contributed by atoms with Crippen molar-refractivity contribution in [3.05, 3.63) is 83.3 Å². The number of nitrogens with one attached hydrogen (secondary N) is 1. The molecule has 2 aromatic carbocycles. The summed E-state index contributed by atoms with van der Waals surface area (Å²) in [5.74, 6) is -0.360. The van der Waals surface area contributed by atoms with Crippen LogP contribution >= 0.6 is 0 Å². The smallest absolute Gasteiger partial charge is 0.416 e. The van der Waals surface area contributed by atoms with Crippen molar-refractivity contribution in [1.29, 1.82) is 0 Å². The van der Waals surface area contributed by atoms with Gasteiger partial charge in [-0.15, -0.1) is 5.10 Å². The molecule has 0 bridgehead atoms. The molecule has 0 spiro atoms. The van der Waals surface area contributed by atoms with Gasteiger partial charge in [-0.05, 0) is 94.4 Å². The molecule has 0 aliphatic heterocycles. The van der Waals surface area contributed by atoms with Crippen LogP contribution in [0.5, 0.6) is 5.75 Å². The molecule has 210 valence electrons. The third-order valence-corrected chi connectivity index (χ3v) is 6.42. The van der Waals surface area contributed by atoms with Crippen molar-refractivity contribution >= 4 is 11.6 Å². The molecule has 11 heteroatoms. The van der Waals surface area contributed by atoms with E-state index >= 15 is 0 Å². The van der Waals surface area contributed by atoms with Gasteiger partial charge in [0.1, 0.15) is 11.4 Å². The minimum atomic E-state index is -4.58. The summed E-state index contributed by atoms with van der Waals surface area (Å²) in [5.41, 5.74) is 2.58. The second-order valence-corrected chi connectivity index (χ2v) is 9.72. The lowest BCUT2D eigenvalue weighted by Gasteiger charge is -2.18. The summed E-state index contributed by atoms with van der Waals surface area (Å²) in [4.78, 5) is 19.4. The molecule has 2 aromatic heterocycles. The topological polar surface area (TPSA) is 85.2 Å². The Morgan fingerprint density at radius 3 is 2.60 bits per heavy atom. The Bertz CT molecular complexity index is 1470. The number of aromatic nitrogens is 4. The molecule has 4 rings (SSSR count). The number of ether oxygens (including phenoxy) is 1. The van der Waals surface area contributed by atoms with E-state index < -0.39 is 17.6 Å². The number of carbonyl (C=O) groups is 1. The maximum atomic E-state index is 13.8. The Morgan fingerprint density at radius 2 is 1.93 bits per heavy atom. The fourth-order valence-corrected chi connectivity index (χ4v) is 4.34. The molecule has 1 N–H and O–H groups in total. The first-order valence-corrected chi connectivity index (χ1v) is 12.7. The first kappa shape index (κ1) is 28.8. The van der Waals surface area contributed by atoms with Crippen LogP contribution < -0.4 is 10.1 Å². The normalized spacial score (nSPS) is 11.6. The zero-order valence-electron chi connectivity index (χ0n) is 22.8. The molecule has 0 aliphatic rings. The van der Waals surface area contributed by atoms with Crippen molar-refractivity contribution in [2.45, 2.75) is 32.4 Å².